The standard InChI is InChI=1S/C15H19BrN4/c1-4-13-19-14(17-5-2)9-15(20-13)18-12-8-6-7-11(16)10(12)3/h6-9H,4-5H2,1-3H3,(H2,17,18,19,20). The van der Waals surface area contributed by atoms with Gasteiger partial charge in [-0.15, -0.1) is 0 Å². The Kier molecular flexibility index (Phi) is 4.95. The van der Waals surface area contributed by atoms with Crippen LogP contribution in [0.2, 0.25) is 0 Å². The molecule has 0 radical (unpaired) electrons. The summed E-state index contributed by atoms with van der Waals surface area (Å²) in [4.78, 5) is 8.97. The zero-order chi connectivity index (χ0) is 14.5. The molecule has 0 aliphatic carbocycles. The number of hydrogen-bond acceptors (Lipinski definition) is 4. The lowest BCUT2D eigenvalue weighted by Gasteiger charge is -2.12. The third kappa shape index (κ3) is 3.48. The van der Waals surface area contributed by atoms with Crippen molar-refractivity contribution in [2.75, 3.05) is 17.2 Å². The van der Waals surface area contributed by atoms with Gasteiger partial charge in [0.25, 0.3) is 0 Å². The fourth-order valence-corrected chi connectivity index (χ4v) is 2.24. The molecule has 2 aromatic rings. The van der Waals surface area contributed by atoms with Crippen LogP contribution in [0.15, 0.2) is 28.7 Å². The molecule has 0 saturated heterocycles. The first-order chi connectivity index (χ1) is 9.63. The van der Waals surface area contributed by atoms with E-state index in [0.29, 0.717) is 0 Å². The van der Waals surface area contributed by atoms with E-state index in [4.69, 9.17) is 0 Å². The molecular weight excluding hydrogens is 316 g/mol. The molecule has 4 nitrogen and oxygen atoms in total. The molecule has 0 atom stereocenters. The summed E-state index contributed by atoms with van der Waals surface area (Å²) in [6, 6.07) is 8.01. The van der Waals surface area contributed by atoms with Gasteiger partial charge in [-0.25, -0.2) is 9.97 Å². The monoisotopic (exact) mass is 334 g/mol. The molecule has 0 fully saturated rings. The van der Waals surface area contributed by atoms with E-state index < -0.39 is 0 Å². The largest absolute Gasteiger partial charge is 0.370 e. The van der Waals surface area contributed by atoms with Crippen LogP contribution in [0.5, 0.6) is 0 Å². The summed E-state index contributed by atoms with van der Waals surface area (Å²) >= 11 is 3.54. The Labute approximate surface area is 128 Å². The van der Waals surface area contributed by atoms with Crippen molar-refractivity contribution in [3.8, 4) is 0 Å². The molecule has 2 N–H and O–H groups in total. The van der Waals surface area contributed by atoms with Crippen molar-refractivity contribution in [1.29, 1.82) is 0 Å². The number of benzene rings is 1. The maximum Gasteiger partial charge on any atom is 0.136 e. The highest BCUT2D eigenvalue weighted by Gasteiger charge is 2.06. The topological polar surface area (TPSA) is 49.8 Å². The van der Waals surface area contributed by atoms with Gasteiger partial charge in [0.05, 0.1) is 0 Å². The van der Waals surface area contributed by atoms with Crippen molar-refractivity contribution >= 4 is 33.3 Å². The average molecular weight is 335 g/mol. The van der Waals surface area contributed by atoms with Gasteiger partial charge in [-0.05, 0) is 31.5 Å². The number of hydrogen-bond donors (Lipinski definition) is 2. The quantitative estimate of drug-likeness (QED) is 0.856. The first-order valence-corrected chi connectivity index (χ1v) is 7.57. The van der Waals surface area contributed by atoms with Crippen molar-refractivity contribution < 1.29 is 0 Å². The van der Waals surface area contributed by atoms with Crippen molar-refractivity contribution in [2.45, 2.75) is 27.2 Å². The average Bonchev–Trinajstić information content (AvgIpc) is 2.44. The first-order valence-electron chi connectivity index (χ1n) is 6.78. The summed E-state index contributed by atoms with van der Waals surface area (Å²) in [7, 11) is 0. The van der Waals surface area contributed by atoms with E-state index in [1.165, 1.54) is 0 Å². The summed E-state index contributed by atoms with van der Waals surface area (Å²) in [5.74, 6) is 2.50. The van der Waals surface area contributed by atoms with E-state index in [1.807, 2.05) is 24.3 Å². The predicted octanol–water partition coefficient (Wildman–Crippen LogP) is 4.29. The SMILES string of the molecule is CCNc1cc(Nc2cccc(Br)c2C)nc(CC)n1. The van der Waals surface area contributed by atoms with Crippen molar-refractivity contribution in [1.82, 2.24) is 9.97 Å². The summed E-state index contributed by atoms with van der Waals surface area (Å²) in [5.41, 5.74) is 2.21. The highest BCUT2D eigenvalue weighted by atomic mass is 79.9. The van der Waals surface area contributed by atoms with Gasteiger partial charge < -0.3 is 10.6 Å². The molecule has 0 spiro atoms. The first kappa shape index (κ1) is 14.8. The minimum Gasteiger partial charge on any atom is -0.370 e. The third-order valence-corrected chi connectivity index (χ3v) is 3.84. The molecular formula is C15H19BrN4. The van der Waals surface area contributed by atoms with E-state index in [1.54, 1.807) is 0 Å². The Hall–Kier alpha value is -1.62. The number of anilines is 3. The van der Waals surface area contributed by atoms with Crippen LogP contribution in [0.25, 0.3) is 0 Å². The van der Waals surface area contributed by atoms with Crippen LogP contribution in [0.1, 0.15) is 25.2 Å². The zero-order valence-corrected chi connectivity index (χ0v) is 13.6. The summed E-state index contributed by atoms with van der Waals surface area (Å²) in [5, 5.41) is 6.60. The molecule has 0 saturated carbocycles. The minimum atomic E-state index is 0.811. The minimum absolute atomic E-state index is 0.811. The number of nitrogens with one attached hydrogen (secondary N) is 2. The summed E-state index contributed by atoms with van der Waals surface area (Å²) in [6.45, 7) is 7.02. The summed E-state index contributed by atoms with van der Waals surface area (Å²) < 4.78 is 1.08. The van der Waals surface area contributed by atoms with Crippen LogP contribution >= 0.6 is 15.9 Å². The van der Waals surface area contributed by atoms with Gasteiger partial charge in [0.1, 0.15) is 17.5 Å². The predicted molar refractivity (Wildman–Crippen MR) is 87.7 cm³/mol. The molecule has 106 valence electrons. The van der Waals surface area contributed by atoms with Crippen LogP contribution in [0.3, 0.4) is 0 Å². The number of rotatable bonds is 5. The normalized spacial score (nSPS) is 10.4. The lowest BCUT2D eigenvalue weighted by atomic mass is 10.2. The molecule has 0 aliphatic rings. The zero-order valence-electron chi connectivity index (χ0n) is 12.0. The van der Waals surface area contributed by atoms with Gasteiger partial charge in [0.2, 0.25) is 0 Å². The van der Waals surface area contributed by atoms with Gasteiger partial charge in [0.15, 0.2) is 0 Å². The lowest BCUT2D eigenvalue weighted by Crippen LogP contribution is -2.06. The third-order valence-electron chi connectivity index (χ3n) is 2.98. The maximum atomic E-state index is 4.52. The second-order valence-corrected chi connectivity index (χ2v) is 5.33. The smallest absolute Gasteiger partial charge is 0.136 e. The maximum absolute atomic E-state index is 4.52. The van der Waals surface area contributed by atoms with Crippen LogP contribution in [0, 0.1) is 6.92 Å². The van der Waals surface area contributed by atoms with E-state index in [-0.39, 0.29) is 0 Å². The molecule has 0 unspecified atom stereocenters. The number of aromatic nitrogens is 2. The molecule has 0 aliphatic heterocycles. The highest BCUT2D eigenvalue weighted by molar-refractivity contribution is 9.10. The molecule has 20 heavy (non-hydrogen) atoms. The van der Waals surface area contributed by atoms with Gasteiger partial charge in [-0.1, -0.05) is 28.9 Å². The fraction of sp³-hybridized carbons (Fsp3) is 0.333. The van der Waals surface area contributed by atoms with Crippen molar-refractivity contribution in [3.05, 3.63) is 40.1 Å². The Bertz CT molecular complexity index is 598. The fourth-order valence-electron chi connectivity index (χ4n) is 1.87. The van der Waals surface area contributed by atoms with Crippen LogP contribution in [-0.2, 0) is 6.42 Å². The second kappa shape index (κ2) is 6.70. The number of aryl methyl sites for hydroxylation is 1. The highest BCUT2D eigenvalue weighted by Crippen LogP contribution is 2.26. The Morgan fingerprint density at radius 2 is 1.90 bits per heavy atom. The lowest BCUT2D eigenvalue weighted by molar-refractivity contribution is 0.939. The Balaban J connectivity index is 2.32. The van der Waals surface area contributed by atoms with E-state index in [2.05, 4.69) is 57.3 Å². The number of halogens is 1. The van der Waals surface area contributed by atoms with Crippen LogP contribution < -0.4 is 10.6 Å². The van der Waals surface area contributed by atoms with Gasteiger partial charge in [-0.2, -0.15) is 0 Å². The van der Waals surface area contributed by atoms with E-state index in [0.717, 1.165) is 46.1 Å². The van der Waals surface area contributed by atoms with Gasteiger partial charge in [0, 0.05) is 29.2 Å². The van der Waals surface area contributed by atoms with Crippen molar-refractivity contribution in [3.63, 3.8) is 0 Å². The Morgan fingerprint density at radius 3 is 2.60 bits per heavy atom. The molecule has 2 rings (SSSR count). The molecule has 1 aromatic carbocycles. The Morgan fingerprint density at radius 1 is 1.15 bits per heavy atom. The number of nitrogens with zero attached hydrogens (tertiary/aromatic N) is 2. The van der Waals surface area contributed by atoms with Crippen LogP contribution in [-0.4, -0.2) is 16.5 Å². The molecule has 1 heterocycles. The molecule has 5 heteroatoms. The second-order valence-electron chi connectivity index (χ2n) is 4.48. The molecule has 0 bridgehead atoms. The van der Waals surface area contributed by atoms with Gasteiger partial charge in [-0.3, -0.25) is 0 Å². The van der Waals surface area contributed by atoms with E-state index >= 15 is 0 Å². The summed E-state index contributed by atoms with van der Waals surface area (Å²) in [6.07, 6.45) is 0.811. The van der Waals surface area contributed by atoms with Crippen LogP contribution in [0.4, 0.5) is 17.3 Å². The van der Waals surface area contributed by atoms with Crippen molar-refractivity contribution in [2.24, 2.45) is 0 Å². The van der Waals surface area contributed by atoms with Gasteiger partial charge >= 0.3 is 0 Å². The molecule has 0 amide bonds. The van der Waals surface area contributed by atoms with E-state index in [9.17, 15) is 0 Å². The molecule has 1 aromatic heterocycles.